The van der Waals surface area contributed by atoms with Crippen molar-refractivity contribution >= 4 is 0 Å². The third-order valence-corrected chi connectivity index (χ3v) is 3.39. The van der Waals surface area contributed by atoms with Gasteiger partial charge in [0.2, 0.25) is 0 Å². The van der Waals surface area contributed by atoms with Crippen molar-refractivity contribution < 1.29 is 0 Å². The highest BCUT2D eigenvalue weighted by Crippen LogP contribution is 2.33. The van der Waals surface area contributed by atoms with E-state index in [1.165, 1.54) is 44.3 Å². The van der Waals surface area contributed by atoms with Gasteiger partial charge in [-0.15, -0.1) is 0 Å². The summed E-state index contributed by atoms with van der Waals surface area (Å²) in [5.74, 6) is 1.99. The minimum Gasteiger partial charge on any atom is -0.377 e. The van der Waals surface area contributed by atoms with Crippen LogP contribution >= 0.6 is 0 Å². The van der Waals surface area contributed by atoms with E-state index in [2.05, 4.69) is 24.9 Å². The minimum atomic E-state index is 0.995. The van der Waals surface area contributed by atoms with Gasteiger partial charge in [-0.3, -0.25) is 0 Å². The van der Waals surface area contributed by atoms with Crippen LogP contribution in [0.1, 0.15) is 39.5 Å². The summed E-state index contributed by atoms with van der Waals surface area (Å²) in [7, 11) is 0. The first-order valence-electron chi connectivity index (χ1n) is 5.63. The summed E-state index contributed by atoms with van der Waals surface area (Å²) in [6, 6.07) is 0. The Labute approximate surface area is 81.8 Å². The molecule has 0 aromatic rings. The second-order valence-corrected chi connectivity index (χ2v) is 5.05. The van der Waals surface area contributed by atoms with Gasteiger partial charge in [0.25, 0.3) is 0 Å². The van der Waals surface area contributed by atoms with Gasteiger partial charge in [0.15, 0.2) is 0 Å². The summed E-state index contributed by atoms with van der Waals surface area (Å²) in [4.78, 5) is 2.56. The van der Waals surface area contributed by atoms with Crippen LogP contribution < -0.4 is 0 Å². The minimum absolute atomic E-state index is 0.995. The highest BCUT2D eigenvalue weighted by atomic mass is 15.1. The zero-order valence-electron chi connectivity index (χ0n) is 8.92. The smallest absolute Gasteiger partial charge is 0.0200 e. The highest BCUT2D eigenvalue weighted by molar-refractivity contribution is 4.96. The van der Waals surface area contributed by atoms with Gasteiger partial charge in [-0.05, 0) is 57.6 Å². The quantitative estimate of drug-likeness (QED) is 0.598. The Morgan fingerprint density at radius 1 is 1.00 bits per heavy atom. The van der Waals surface area contributed by atoms with Crippen molar-refractivity contribution in [2.24, 2.45) is 11.8 Å². The van der Waals surface area contributed by atoms with E-state index < -0.39 is 0 Å². The molecule has 3 rings (SSSR count). The molecule has 0 atom stereocenters. The molecule has 0 amide bonds. The van der Waals surface area contributed by atoms with Crippen LogP contribution in [0.4, 0.5) is 0 Å². The average molecular weight is 179 g/mol. The van der Waals surface area contributed by atoms with E-state index in [9.17, 15) is 0 Å². The fourth-order valence-corrected chi connectivity index (χ4v) is 2.81. The molecule has 1 heteroatoms. The van der Waals surface area contributed by atoms with Gasteiger partial charge < -0.3 is 4.90 Å². The summed E-state index contributed by atoms with van der Waals surface area (Å²) >= 11 is 0. The molecule has 0 unspecified atom stereocenters. The van der Waals surface area contributed by atoms with Gasteiger partial charge in [0.05, 0.1) is 0 Å². The fourth-order valence-electron chi connectivity index (χ4n) is 2.81. The molecule has 1 saturated carbocycles. The highest BCUT2D eigenvalue weighted by Gasteiger charge is 2.27. The Bertz CT molecular complexity index is 181. The number of hydrogen-bond donors (Lipinski definition) is 0. The van der Waals surface area contributed by atoms with E-state index in [0.717, 1.165) is 11.8 Å². The molecule has 74 valence electrons. The molecule has 0 aromatic heterocycles. The van der Waals surface area contributed by atoms with Crippen LogP contribution in [-0.2, 0) is 0 Å². The lowest BCUT2D eigenvalue weighted by molar-refractivity contribution is 0.326. The van der Waals surface area contributed by atoms with Crippen LogP contribution in [-0.4, -0.2) is 18.0 Å². The summed E-state index contributed by atoms with van der Waals surface area (Å²) in [6.45, 7) is 7.04. The molecule has 0 radical (unpaired) electrons. The average Bonchev–Trinajstić information content (AvgIpc) is 2.34. The molecular weight excluding hydrogens is 158 g/mol. The number of rotatable bonds is 1. The Morgan fingerprint density at radius 2 is 1.46 bits per heavy atom. The number of hydrogen-bond acceptors (Lipinski definition) is 1. The number of fused-ring (bicyclic) bond motifs is 4. The molecule has 13 heavy (non-hydrogen) atoms. The van der Waals surface area contributed by atoms with E-state index in [1.807, 2.05) is 0 Å². The van der Waals surface area contributed by atoms with E-state index in [1.54, 1.807) is 0 Å². The Balaban J connectivity index is 2.03. The Kier molecular flexibility index (Phi) is 2.61. The van der Waals surface area contributed by atoms with E-state index in [0.29, 0.717) is 0 Å². The Hall–Kier alpha value is -0.460. The SMILES string of the molecule is CC(C)=CN1CC2CCC(CC2)C1. The molecule has 3 aliphatic rings. The lowest BCUT2D eigenvalue weighted by Crippen LogP contribution is -2.22. The van der Waals surface area contributed by atoms with Crippen molar-refractivity contribution in [3.8, 4) is 0 Å². The molecular formula is C12H21N. The molecule has 2 bridgehead atoms. The predicted octanol–water partition coefficient (Wildman–Crippen LogP) is 3.03. The van der Waals surface area contributed by atoms with Gasteiger partial charge in [-0.1, -0.05) is 5.57 Å². The predicted molar refractivity (Wildman–Crippen MR) is 56.5 cm³/mol. The molecule has 1 aliphatic carbocycles. The van der Waals surface area contributed by atoms with Crippen molar-refractivity contribution in [1.82, 2.24) is 4.90 Å². The van der Waals surface area contributed by atoms with Crippen molar-refractivity contribution in [3.63, 3.8) is 0 Å². The van der Waals surface area contributed by atoms with Crippen LogP contribution in [0.15, 0.2) is 11.8 Å². The number of nitrogens with zero attached hydrogens (tertiary/aromatic N) is 1. The standard InChI is InChI=1S/C12H21N/c1-10(2)7-13-8-11-3-4-12(9-13)6-5-11/h7,11-12H,3-6,8-9H2,1-2H3. The zero-order valence-corrected chi connectivity index (χ0v) is 8.92. The van der Waals surface area contributed by atoms with Gasteiger partial charge in [-0.2, -0.15) is 0 Å². The lowest BCUT2D eigenvalue weighted by Gasteiger charge is -2.20. The zero-order chi connectivity index (χ0) is 9.26. The first-order valence-corrected chi connectivity index (χ1v) is 5.63. The third-order valence-electron chi connectivity index (χ3n) is 3.39. The van der Waals surface area contributed by atoms with Gasteiger partial charge in [0.1, 0.15) is 0 Å². The second-order valence-electron chi connectivity index (χ2n) is 5.05. The van der Waals surface area contributed by atoms with E-state index in [4.69, 9.17) is 0 Å². The van der Waals surface area contributed by atoms with Crippen molar-refractivity contribution in [2.75, 3.05) is 13.1 Å². The summed E-state index contributed by atoms with van der Waals surface area (Å²) in [6.07, 6.45) is 8.29. The Morgan fingerprint density at radius 3 is 1.85 bits per heavy atom. The van der Waals surface area contributed by atoms with E-state index in [-0.39, 0.29) is 0 Å². The van der Waals surface area contributed by atoms with Crippen molar-refractivity contribution in [3.05, 3.63) is 11.8 Å². The summed E-state index contributed by atoms with van der Waals surface area (Å²) in [5, 5.41) is 0. The van der Waals surface area contributed by atoms with Crippen LogP contribution in [0.2, 0.25) is 0 Å². The van der Waals surface area contributed by atoms with Crippen LogP contribution in [0.3, 0.4) is 0 Å². The van der Waals surface area contributed by atoms with Crippen molar-refractivity contribution in [1.29, 1.82) is 0 Å². The fraction of sp³-hybridized carbons (Fsp3) is 0.833. The summed E-state index contributed by atoms with van der Waals surface area (Å²) in [5.41, 5.74) is 1.45. The molecule has 2 heterocycles. The van der Waals surface area contributed by atoms with Crippen molar-refractivity contribution in [2.45, 2.75) is 39.5 Å². The normalized spacial score (nSPS) is 32.9. The molecule has 2 aliphatic heterocycles. The van der Waals surface area contributed by atoms with Gasteiger partial charge >= 0.3 is 0 Å². The number of allylic oxidation sites excluding steroid dienone is 1. The largest absolute Gasteiger partial charge is 0.377 e. The monoisotopic (exact) mass is 179 g/mol. The molecule has 1 nitrogen and oxygen atoms in total. The van der Waals surface area contributed by atoms with Crippen LogP contribution in [0.25, 0.3) is 0 Å². The maximum Gasteiger partial charge on any atom is 0.0200 e. The molecule has 2 saturated heterocycles. The van der Waals surface area contributed by atoms with Gasteiger partial charge in [0, 0.05) is 13.1 Å². The first kappa shape index (κ1) is 9.11. The first-order chi connectivity index (χ1) is 6.24. The van der Waals surface area contributed by atoms with Crippen LogP contribution in [0.5, 0.6) is 0 Å². The second kappa shape index (κ2) is 3.73. The molecule has 0 spiro atoms. The molecule has 3 fully saturated rings. The maximum absolute atomic E-state index is 2.56. The van der Waals surface area contributed by atoms with Gasteiger partial charge in [-0.25, -0.2) is 0 Å². The summed E-state index contributed by atoms with van der Waals surface area (Å²) < 4.78 is 0. The maximum atomic E-state index is 2.56. The topological polar surface area (TPSA) is 3.24 Å². The molecule has 0 N–H and O–H groups in total. The van der Waals surface area contributed by atoms with Crippen LogP contribution in [0, 0.1) is 11.8 Å². The lowest BCUT2D eigenvalue weighted by atomic mass is 9.84. The molecule has 0 aromatic carbocycles. The van der Waals surface area contributed by atoms with E-state index >= 15 is 0 Å². The third kappa shape index (κ3) is 2.26.